The number of hydrogen-bond acceptors (Lipinski definition) is 3. The molecule has 0 saturated carbocycles. The summed E-state index contributed by atoms with van der Waals surface area (Å²) >= 11 is 0. The molecule has 1 heterocycles. The van der Waals surface area contributed by atoms with E-state index in [0.717, 1.165) is 12.8 Å². The Bertz CT molecular complexity index is 235. The summed E-state index contributed by atoms with van der Waals surface area (Å²) in [6, 6.07) is 0. The van der Waals surface area contributed by atoms with Gasteiger partial charge >= 0.3 is 5.97 Å². The Morgan fingerprint density at radius 3 is 2.47 bits per heavy atom. The average Bonchev–Trinajstić information content (AvgIpc) is 2.30. The maximum absolute atomic E-state index is 11.2. The van der Waals surface area contributed by atoms with Gasteiger partial charge in [-0.25, -0.2) is 0 Å². The fourth-order valence-corrected chi connectivity index (χ4v) is 2.10. The first-order chi connectivity index (χ1) is 6.91. The van der Waals surface area contributed by atoms with Gasteiger partial charge in [-0.05, 0) is 20.3 Å². The maximum Gasteiger partial charge on any atom is 0.309 e. The third-order valence-corrected chi connectivity index (χ3v) is 3.37. The van der Waals surface area contributed by atoms with E-state index in [1.54, 1.807) is 13.8 Å². The Hall–Kier alpha value is -0.570. The summed E-state index contributed by atoms with van der Waals surface area (Å²) in [5.41, 5.74) is -1.69. The number of unbranched alkanes of at least 4 members (excludes halogenated alkanes) is 3. The van der Waals surface area contributed by atoms with E-state index < -0.39 is 11.2 Å². The van der Waals surface area contributed by atoms with E-state index in [9.17, 15) is 9.90 Å². The molecule has 0 aromatic rings. The van der Waals surface area contributed by atoms with Crippen molar-refractivity contribution in [3.8, 4) is 0 Å². The SMILES string of the molecule is CCCCCC[C@@]1(O)CC(=O)OC1(C)C. The van der Waals surface area contributed by atoms with Crippen LogP contribution in [0.3, 0.4) is 0 Å². The molecule has 0 aliphatic carbocycles. The molecule has 0 aromatic heterocycles. The highest BCUT2D eigenvalue weighted by Crippen LogP contribution is 2.39. The molecule has 0 unspecified atom stereocenters. The van der Waals surface area contributed by atoms with Crippen LogP contribution in [-0.4, -0.2) is 22.3 Å². The minimum atomic E-state index is -0.960. The molecular formula is C12H22O3. The molecule has 1 aliphatic rings. The van der Waals surface area contributed by atoms with Gasteiger partial charge < -0.3 is 9.84 Å². The summed E-state index contributed by atoms with van der Waals surface area (Å²) in [6.07, 6.45) is 5.24. The van der Waals surface area contributed by atoms with Gasteiger partial charge in [0.25, 0.3) is 0 Å². The predicted octanol–water partition coefficient (Wildman–Crippen LogP) is 2.41. The topological polar surface area (TPSA) is 46.5 Å². The lowest BCUT2D eigenvalue weighted by Crippen LogP contribution is -2.46. The molecule has 88 valence electrons. The molecule has 0 aromatic carbocycles. The summed E-state index contributed by atoms with van der Waals surface area (Å²) in [6.45, 7) is 5.73. The van der Waals surface area contributed by atoms with Gasteiger partial charge in [0.15, 0.2) is 0 Å². The van der Waals surface area contributed by atoms with Crippen LogP contribution < -0.4 is 0 Å². The van der Waals surface area contributed by atoms with Gasteiger partial charge in [-0.3, -0.25) is 4.79 Å². The number of carbonyl (C=O) groups excluding carboxylic acids is 1. The zero-order chi connectivity index (χ0) is 11.5. The lowest BCUT2D eigenvalue weighted by atomic mass is 9.81. The second-order valence-electron chi connectivity index (χ2n) is 5.00. The monoisotopic (exact) mass is 214 g/mol. The van der Waals surface area contributed by atoms with E-state index in [0.29, 0.717) is 6.42 Å². The lowest BCUT2D eigenvalue weighted by molar-refractivity contribution is -0.152. The Morgan fingerprint density at radius 1 is 1.33 bits per heavy atom. The molecular weight excluding hydrogens is 192 g/mol. The third kappa shape index (κ3) is 2.71. The normalized spacial score (nSPS) is 29.2. The Kier molecular flexibility index (Phi) is 3.77. The smallest absolute Gasteiger partial charge is 0.309 e. The van der Waals surface area contributed by atoms with Crippen LogP contribution in [0.5, 0.6) is 0 Å². The first kappa shape index (κ1) is 12.5. The second-order valence-corrected chi connectivity index (χ2v) is 5.00. The number of aliphatic hydroxyl groups is 1. The molecule has 0 bridgehead atoms. The zero-order valence-corrected chi connectivity index (χ0v) is 10.0. The minimum absolute atomic E-state index is 0.145. The van der Waals surface area contributed by atoms with Crippen LogP contribution in [-0.2, 0) is 9.53 Å². The quantitative estimate of drug-likeness (QED) is 0.564. The number of esters is 1. The zero-order valence-electron chi connectivity index (χ0n) is 10.0. The van der Waals surface area contributed by atoms with Crippen molar-refractivity contribution < 1.29 is 14.6 Å². The van der Waals surface area contributed by atoms with Crippen LogP contribution in [0.2, 0.25) is 0 Å². The summed E-state index contributed by atoms with van der Waals surface area (Å²) < 4.78 is 5.13. The molecule has 1 rings (SSSR count). The highest BCUT2D eigenvalue weighted by atomic mass is 16.6. The van der Waals surface area contributed by atoms with E-state index in [2.05, 4.69) is 6.92 Å². The summed E-state index contributed by atoms with van der Waals surface area (Å²) in [7, 11) is 0. The molecule has 1 aliphatic heterocycles. The van der Waals surface area contributed by atoms with Gasteiger partial charge in [-0.2, -0.15) is 0 Å². The molecule has 3 heteroatoms. The van der Waals surface area contributed by atoms with Crippen LogP contribution in [0.1, 0.15) is 59.3 Å². The maximum atomic E-state index is 11.2. The predicted molar refractivity (Wildman–Crippen MR) is 58.5 cm³/mol. The van der Waals surface area contributed by atoms with E-state index in [-0.39, 0.29) is 12.4 Å². The van der Waals surface area contributed by atoms with E-state index in [1.807, 2.05) is 0 Å². The summed E-state index contributed by atoms with van der Waals surface area (Å²) in [4.78, 5) is 11.2. The number of ether oxygens (including phenoxy) is 1. The van der Waals surface area contributed by atoms with Crippen molar-refractivity contribution in [2.45, 2.75) is 70.5 Å². The second kappa shape index (κ2) is 4.52. The van der Waals surface area contributed by atoms with Crippen LogP contribution in [0.15, 0.2) is 0 Å². The van der Waals surface area contributed by atoms with Gasteiger partial charge in [0, 0.05) is 0 Å². The van der Waals surface area contributed by atoms with Crippen molar-refractivity contribution in [1.29, 1.82) is 0 Å². The number of cyclic esters (lactones) is 1. The van der Waals surface area contributed by atoms with E-state index in [1.165, 1.54) is 12.8 Å². The Morgan fingerprint density at radius 2 is 2.00 bits per heavy atom. The van der Waals surface area contributed by atoms with Crippen molar-refractivity contribution in [2.24, 2.45) is 0 Å². The molecule has 0 radical (unpaired) electrons. The number of carbonyl (C=O) groups is 1. The average molecular weight is 214 g/mol. The minimum Gasteiger partial charge on any atom is -0.456 e. The van der Waals surface area contributed by atoms with Crippen LogP contribution in [0, 0.1) is 0 Å². The molecule has 0 amide bonds. The van der Waals surface area contributed by atoms with E-state index in [4.69, 9.17) is 4.74 Å². The molecule has 1 atom stereocenters. The van der Waals surface area contributed by atoms with Gasteiger partial charge in [-0.15, -0.1) is 0 Å². The summed E-state index contributed by atoms with van der Waals surface area (Å²) in [5, 5.41) is 10.3. The van der Waals surface area contributed by atoms with Gasteiger partial charge in [0.2, 0.25) is 0 Å². The molecule has 1 fully saturated rings. The van der Waals surface area contributed by atoms with Gasteiger partial charge in [0.05, 0.1) is 6.42 Å². The van der Waals surface area contributed by atoms with Gasteiger partial charge in [0.1, 0.15) is 11.2 Å². The van der Waals surface area contributed by atoms with Gasteiger partial charge in [-0.1, -0.05) is 32.6 Å². The molecule has 1 saturated heterocycles. The first-order valence-corrected chi connectivity index (χ1v) is 5.85. The first-order valence-electron chi connectivity index (χ1n) is 5.85. The Balaban J connectivity index is 2.47. The van der Waals surface area contributed by atoms with E-state index >= 15 is 0 Å². The van der Waals surface area contributed by atoms with Crippen LogP contribution >= 0.6 is 0 Å². The lowest BCUT2D eigenvalue weighted by Gasteiger charge is -2.33. The van der Waals surface area contributed by atoms with Crippen molar-refractivity contribution in [1.82, 2.24) is 0 Å². The largest absolute Gasteiger partial charge is 0.456 e. The molecule has 3 nitrogen and oxygen atoms in total. The molecule has 15 heavy (non-hydrogen) atoms. The number of rotatable bonds is 5. The molecule has 0 spiro atoms. The van der Waals surface area contributed by atoms with Crippen LogP contribution in [0.25, 0.3) is 0 Å². The number of hydrogen-bond donors (Lipinski definition) is 1. The molecule has 1 N–H and O–H groups in total. The van der Waals surface area contributed by atoms with Crippen molar-refractivity contribution in [2.75, 3.05) is 0 Å². The highest BCUT2D eigenvalue weighted by molar-refractivity contribution is 5.74. The fourth-order valence-electron chi connectivity index (χ4n) is 2.10. The highest BCUT2D eigenvalue weighted by Gasteiger charge is 2.53. The van der Waals surface area contributed by atoms with Crippen molar-refractivity contribution in [3.63, 3.8) is 0 Å². The van der Waals surface area contributed by atoms with Crippen molar-refractivity contribution in [3.05, 3.63) is 0 Å². The Labute approximate surface area is 91.8 Å². The summed E-state index contributed by atoms with van der Waals surface area (Å²) in [5.74, 6) is -0.280. The van der Waals surface area contributed by atoms with Crippen LogP contribution in [0.4, 0.5) is 0 Å². The van der Waals surface area contributed by atoms with Crippen molar-refractivity contribution >= 4 is 5.97 Å². The standard InChI is InChI=1S/C12H22O3/c1-4-5-6-7-8-12(14)9-10(13)15-11(12,2)3/h14H,4-9H2,1-3H3/t12-/m1/s1. The third-order valence-electron chi connectivity index (χ3n) is 3.37. The fraction of sp³-hybridized carbons (Fsp3) is 0.917.